The Balaban J connectivity index is 2.81. The second-order valence-electron chi connectivity index (χ2n) is 3.99. The van der Waals surface area contributed by atoms with E-state index in [0.717, 1.165) is 18.2 Å². The number of carbonyl (C=O) groups is 1. The van der Waals surface area contributed by atoms with Gasteiger partial charge in [-0.1, -0.05) is 0 Å². The van der Waals surface area contributed by atoms with E-state index in [4.69, 9.17) is 0 Å². The number of nitro groups is 1. The molecule has 0 bridgehead atoms. The Morgan fingerprint density at radius 1 is 1.50 bits per heavy atom. The van der Waals surface area contributed by atoms with Crippen LogP contribution in [0, 0.1) is 15.9 Å². The molecule has 7 nitrogen and oxygen atoms in total. The van der Waals surface area contributed by atoms with Gasteiger partial charge in [0.15, 0.2) is 0 Å². The Bertz CT molecular complexity index is 507. The summed E-state index contributed by atoms with van der Waals surface area (Å²) in [6.45, 7) is 1.72. The van der Waals surface area contributed by atoms with Crippen LogP contribution < -0.4 is 0 Å². The highest BCUT2D eigenvalue weighted by Crippen LogP contribution is 2.24. The summed E-state index contributed by atoms with van der Waals surface area (Å²) in [6, 6.07) is 2.74. The highest BCUT2D eigenvalue weighted by Gasteiger charge is 2.24. The quantitative estimate of drug-likeness (QED) is 0.460. The summed E-state index contributed by atoms with van der Waals surface area (Å²) in [5.41, 5.74) is -0.800. The van der Waals surface area contributed by atoms with Crippen molar-refractivity contribution >= 4 is 11.7 Å². The van der Waals surface area contributed by atoms with Crippen molar-refractivity contribution in [2.75, 3.05) is 6.61 Å². The molecule has 20 heavy (non-hydrogen) atoms. The number of carbonyl (C=O) groups excluding carboxylic acids is 1. The summed E-state index contributed by atoms with van der Waals surface area (Å²) >= 11 is 0. The third-order valence-corrected chi connectivity index (χ3v) is 2.56. The van der Waals surface area contributed by atoms with E-state index in [0.29, 0.717) is 0 Å². The van der Waals surface area contributed by atoms with Gasteiger partial charge in [0.2, 0.25) is 5.82 Å². The second kappa shape index (κ2) is 6.92. The lowest BCUT2D eigenvalue weighted by Gasteiger charge is -2.17. The highest BCUT2D eigenvalue weighted by molar-refractivity contribution is 5.70. The van der Waals surface area contributed by atoms with Gasteiger partial charge < -0.3 is 14.9 Å². The van der Waals surface area contributed by atoms with Gasteiger partial charge in [-0.2, -0.15) is 4.39 Å². The van der Waals surface area contributed by atoms with Crippen LogP contribution in [-0.4, -0.2) is 33.8 Å². The minimum absolute atomic E-state index is 0.0649. The number of rotatable bonds is 6. The van der Waals surface area contributed by atoms with E-state index >= 15 is 0 Å². The minimum atomic E-state index is -1.55. The molecular weight excluding hydrogens is 273 g/mol. The van der Waals surface area contributed by atoms with Gasteiger partial charge >= 0.3 is 11.7 Å². The predicted octanol–water partition coefficient (Wildman–Crippen LogP) is 1.08. The summed E-state index contributed by atoms with van der Waals surface area (Å²) in [6.07, 6.45) is -3.50. The molecule has 0 radical (unpaired) electrons. The van der Waals surface area contributed by atoms with Gasteiger partial charge in [-0.15, -0.1) is 0 Å². The standard InChI is InChI=1S/C12H14FNO6/c1-2-20-11(16)6-10(15)12(17)7-3-4-9(14(18)19)8(13)5-7/h3-5,10,12,15,17H,2,6H2,1H3. The number of benzene rings is 1. The van der Waals surface area contributed by atoms with Crippen molar-refractivity contribution in [2.24, 2.45) is 0 Å². The van der Waals surface area contributed by atoms with Gasteiger partial charge in [0.25, 0.3) is 0 Å². The number of hydrogen-bond acceptors (Lipinski definition) is 6. The molecule has 0 aliphatic carbocycles. The summed E-state index contributed by atoms with van der Waals surface area (Å²) < 4.78 is 18.0. The first-order chi connectivity index (χ1) is 9.36. The summed E-state index contributed by atoms with van der Waals surface area (Å²) in [5, 5.41) is 29.8. The van der Waals surface area contributed by atoms with Crippen molar-refractivity contribution in [3.05, 3.63) is 39.7 Å². The zero-order valence-corrected chi connectivity index (χ0v) is 10.7. The van der Waals surface area contributed by atoms with E-state index in [1.54, 1.807) is 6.92 Å². The number of ether oxygens (including phenoxy) is 1. The van der Waals surface area contributed by atoms with Gasteiger partial charge in [-0.25, -0.2) is 0 Å². The number of aliphatic hydroxyl groups is 2. The zero-order valence-electron chi connectivity index (χ0n) is 10.7. The lowest BCUT2D eigenvalue weighted by atomic mass is 10.0. The number of hydrogen-bond donors (Lipinski definition) is 2. The van der Waals surface area contributed by atoms with Crippen LogP contribution in [0.1, 0.15) is 25.0 Å². The first-order valence-electron chi connectivity index (χ1n) is 5.82. The second-order valence-corrected chi connectivity index (χ2v) is 3.99. The topological polar surface area (TPSA) is 110 Å². The van der Waals surface area contributed by atoms with E-state index in [1.165, 1.54) is 0 Å². The van der Waals surface area contributed by atoms with Crippen molar-refractivity contribution in [2.45, 2.75) is 25.6 Å². The predicted molar refractivity (Wildman–Crippen MR) is 65.3 cm³/mol. The average Bonchev–Trinajstić information content (AvgIpc) is 2.37. The van der Waals surface area contributed by atoms with Gasteiger partial charge in [0, 0.05) is 6.07 Å². The number of nitrogens with zero attached hydrogens (tertiary/aromatic N) is 1. The van der Waals surface area contributed by atoms with Crippen molar-refractivity contribution in [3.8, 4) is 0 Å². The normalized spacial score (nSPS) is 13.6. The molecule has 1 rings (SSSR count). The molecule has 2 unspecified atom stereocenters. The van der Waals surface area contributed by atoms with Crippen LogP contribution in [0.3, 0.4) is 0 Å². The van der Waals surface area contributed by atoms with Crippen LogP contribution >= 0.6 is 0 Å². The largest absolute Gasteiger partial charge is 0.466 e. The number of halogens is 1. The molecule has 0 spiro atoms. The molecule has 0 aliphatic rings. The van der Waals surface area contributed by atoms with Crippen LogP contribution in [0.2, 0.25) is 0 Å². The lowest BCUT2D eigenvalue weighted by Crippen LogP contribution is -2.23. The lowest BCUT2D eigenvalue weighted by molar-refractivity contribution is -0.387. The molecule has 1 aromatic carbocycles. The fourth-order valence-electron chi connectivity index (χ4n) is 1.58. The third kappa shape index (κ3) is 3.97. The third-order valence-electron chi connectivity index (χ3n) is 2.56. The molecule has 0 saturated heterocycles. The molecule has 1 aromatic rings. The smallest absolute Gasteiger partial charge is 0.308 e. The molecule has 0 heterocycles. The van der Waals surface area contributed by atoms with Crippen molar-refractivity contribution in [1.82, 2.24) is 0 Å². The molecular formula is C12H14FNO6. The van der Waals surface area contributed by atoms with Crippen molar-refractivity contribution < 1.29 is 29.1 Å². The molecule has 8 heteroatoms. The maximum absolute atomic E-state index is 13.4. The minimum Gasteiger partial charge on any atom is -0.466 e. The summed E-state index contributed by atoms with van der Waals surface area (Å²) in [4.78, 5) is 20.7. The summed E-state index contributed by atoms with van der Waals surface area (Å²) in [5.74, 6) is -1.84. The van der Waals surface area contributed by atoms with E-state index < -0.39 is 41.0 Å². The molecule has 2 N–H and O–H groups in total. The number of esters is 1. The van der Waals surface area contributed by atoms with E-state index in [9.17, 15) is 29.5 Å². The van der Waals surface area contributed by atoms with Crippen LogP contribution in [0.25, 0.3) is 0 Å². The fraction of sp³-hybridized carbons (Fsp3) is 0.417. The van der Waals surface area contributed by atoms with Crippen LogP contribution in [0.4, 0.5) is 10.1 Å². The van der Waals surface area contributed by atoms with Gasteiger partial charge in [-0.3, -0.25) is 14.9 Å². The Kier molecular flexibility index (Phi) is 5.53. The van der Waals surface area contributed by atoms with Crippen molar-refractivity contribution in [1.29, 1.82) is 0 Å². The average molecular weight is 287 g/mol. The maximum Gasteiger partial charge on any atom is 0.308 e. The molecule has 0 amide bonds. The maximum atomic E-state index is 13.4. The fourth-order valence-corrected chi connectivity index (χ4v) is 1.58. The zero-order chi connectivity index (χ0) is 15.3. The van der Waals surface area contributed by atoms with Crippen LogP contribution in [-0.2, 0) is 9.53 Å². The molecule has 0 fully saturated rings. The van der Waals surface area contributed by atoms with Crippen molar-refractivity contribution in [3.63, 3.8) is 0 Å². The van der Waals surface area contributed by atoms with E-state index in [2.05, 4.69) is 4.74 Å². The molecule has 0 aliphatic heterocycles. The Labute approximate surface area is 113 Å². The van der Waals surface area contributed by atoms with Gasteiger partial charge in [0.05, 0.1) is 24.1 Å². The van der Waals surface area contributed by atoms with E-state index in [-0.39, 0.29) is 12.2 Å². The first-order valence-corrected chi connectivity index (χ1v) is 5.82. The molecule has 2 atom stereocenters. The number of nitro benzene ring substituents is 1. The molecule has 0 aromatic heterocycles. The Morgan fingerprint density at radius 3 is 2.65 bits per heavy atom. The molecule has 110 valence electrons. The van der Waals surface area contributed by atoms with E-state index in [1.807, 2.05) is 0 Å². The Morgan fingerprint density at radius 2 is 2.15 bits per heavy atom. The first kappa shape index (κ1) is 16.0. The van der Waals surface area contributed by atoms with Gasteiger partial charge in [-0.05, 0) is 24.6 Å². The Hall–Kier alpha value is -2.06. The molecule has 0 saturated carbocycles. The summed E-state index contributed by atoms with van der Waals surface area (Å²) in [7, 11) is 0. The van der Waals surface area contributed by atoms with Crippen LogP contribution in [0.5, 0.6) is 0 Å². The number of aliphatic hydroxyl groups excluding tert-OH is 2. The monoisotopic (exact) mass is 287 g/mol. The highest BCUT2D eigenvalue weighted by atomic mass is 19.1. The van der Waals surface area contributed by atoms with Gasteiger partial charge in [0.1, 0.15) is 6.10 Å². The van der Waals surface area contributed by atoms with Crippen LogP contribution in [0.15, 0.2) is 18.2 Å². The SMILES string of the molecule is CCOC(=O)CC(O)C(O)c1ccc([N+](=O)[O-])c(F)c1.